The second kappa shape index (κ2) is 5.10. The number of carbonyl (C=O) groups excluding carboxylic acids is 1. The summed E-state index contributed by atoms with van der Waals surface area (Å²) < 4.78 is 0. The molecule has 0 saturated carbocycles. The van der Waals surface area contributed by atoms with Crippen LogP contribution in [0.3, 0.4) is 0 Å². The quantitative estimate of drug-likeness (QED) is 0.822. The Labute approximate surface area is 112 Å². The van der Waals surface area contributed by atoms with Crippen molar-refractivity contribution in [2.75, 3.05) is 5.32 Å². The monoisotopic (exact) mass is 270 g/mol. The average Bonchev–Trinajstić information content (AvgIpc) is 2.23. The van der Waals surface area contributed by atoms with E-state index in [-0.39, 0.29) is 5.92 Å². The molecule has 1 rings (SSSR count). The van der Waals surface area contributed by atoms with Crippen molar-refractivity contribution in [2.24, 2.45) is 5.73 Å². The van der Waals surface area contributed by atoms with Crippen molar-refractivity contribution in [2.45, 2.75) is 46.1 Å². The number of primary amides is 1. The van der Waals surface area contributed by atoms with Gasteiger partial charge in [-0.2, -0.15) is 0 Å². The number of carbonyl (C=O) groups is 1. The molecular formula is C12H19ClN4O. The first kappa shape index (κ1) is 14.7. The SMILES string of the molecule is Cc1c(Cl)nc(C(C)C)nc1NC(C)(C)C(N)=O. The van der Waals surface area contributed by atoms with E-state index < -0.39 is 11.4 Å². The Morgan fingerprint density at radius 1 is 1.39 bits per heavy atom. The lowest BCUT2D eigenvalue weighted by atomic mass is 10.0. The van der Waals surface area contributed by atoms with Crippen molar-refractivity contribution in [3.8, 4) is 0 Å². The number of halogens is 1. The van der Waals surface area contributed by atoms with Gasteiger partial charge in [0.25, 0.3) is 0 Å². The second-order valence-corrected chi connectivity index (χ2v) is 5.47. The summed E-state index contributed by atoms with van der Waals surface area (Å²) in [4.78, 5) is 19.9. The fourth-order valence-electron chi connectivity index (χ4n) is 1.24. The molecule has 1 amide bonds. The first-order chi connectivity index (χ1) is 8.15. The molecule has 1 aromatic heterocycles. The zero-order valence-electron chi connectivity index (χ0n) is 11.3. The number of hydrogen-bond donors (Lipinski definition) is 2. The molecule has 100 valence electrons. The molecule has 1 heterocycles. The number of anilines is 1. The van der Waals surface area contributed by atoms with Crippen LogP contribution in [0.25, 0.3) is 0 Å². The maximum atomic E-state index is 11.3. The maximum Gasteiger partial charge on any atom is 0.242 e. The molecule has 5 nitrogen and oxygen atoms in total. The predicted molar refractivity (Wildman–Crippen MR) is 72.8 cm³/mol. The summed E-state index contributed by atoms with van der Waals surface area (Å²) in [5, 5.41) is 3.40. The van der Waals surface area contributed by atoms with E-state index in [1.807, 2.05) is 13.8 Å². The minimum atomic E-state index is -0.892. The Balaban J connectivity index is 3.20. The first-order valence-electron chi connectivity index (χ1n) is 5.77. The van der Waals surface area contributed by atoms with Crippen molar-refractivity contribution in [3.05, 3.63) is 16.5 Å². The third kappa shape index (κ3) is 3.10. The molecule has 18 heavy (non-hydrogen) atoms. The van der Waals surface area contributed by atoms with E-state index in [9.17, 15) is 4.79 Å². The maximum absolute atomic E-state index is 11.3. The van der Waals surface area contributed by atoms with E-state index in [1.165, 1.54) is 0 Å². The van der Waals surface area contributed by atoms with Crippen LogP contribution in [0.2, 0.25) is 5.15 Å². The summed E-state index contributed by atoms with van der Waals surface area (Å²) >= 11 is 6.06. The summed E-state index contributed by atoms with van der Waals surface area (Å²) in [6, 6.07) is 0. The molecule has 0 spiro atoms. The van der Waals surface area contributed by atoms with E-state index in [1.54, 1.807) is 20.8 Å². The molecule has 0 aliphatic carbocycles. The van der Waals surface area contributed by atoms with Gasteiger partial charge in [0.05, 0.1) is 0 Å². The fraction of sp³-hybridized carbons (Fsp3) is 0.583. The Morgan fingerprint density at radius 2 is 1.94 bits per heavy atom. The molecule has 0 unspecified atom stereocenters. The molecule has 0 aliphatic rings. The molecule has 3 N–H and O–H groups in total. The Bertz CT molecular complexity index is 471. The highest BCUT2D eigenvalue weighted by Gasteiger charge is 2.26. The molecule has 0 aliphatic heterocycles. The highest BCUT2D eigenvalue weighted by atomic mass is 35.5. The van der Waals surface area contributed by atoms with Gasteiger partial charge in [0.15, 0.2) is 0 Å². The minimum Gasteiger partial charge on any atom is -0.368 e. The molecule has 0 bridgehead atoms. The van der Waals surface area contributed by atoms with E-state index in [0.29, 0.717) is 22.4 Å². The van der Waals surface area contributed by atoms with Gasteiger partial charge in [-0.3, -0.25) is 4.79 Å². The number of nitrogens with zero attached hydrogens (tertiary/aromatic N) is 2. The lowest BCUT2D eigenvalue weighted by molar-refractivity contribution is -0.121. The van der Waals surface area contributed by atoms with Crippen molar-refractivity contribution >= 4 is 23.3 Å². The van der Waals surface area contributed by atoms with Gasteiger partial charge >= 0.3 is 0 Å². The van der Waals surface area contributed by atoms with Crippen LogP contribution in [0, 0.1) is 6.92 Å². The predicted octanol–water partition coefficient (Wildman–Crippen LogP) is 2.24. The van der Waals surface area contributed by atoms with Gasteiger partial charge in [0, 0.05) is 11.5 Å². The van der Waals surface area contributed by atoms with Gasteiger partial charge in [-0.1, -0.05) is 25.4 Å². The third-order valence-electron chi connectivity index (χ3n) is 2.67. The summed E-state index contributed by atoms with van der Waals surface area (Å²) in [6.45, 7) is 9.14. The lowest BCUT2D eigenvalue weighted by Crippen LogP contribution is -2.45. The highest BCUT2D eigenvalue weighted by Crippen LogP contribution is 2.25. The van der Waals surface area contributed by atoms with Crippen LogP contribution < -0.4 is 11.1 Å². The smallest absolute Gasteiger partial charge is 0.242 e. The Hall–Kier alpha value is -1.36. The van der Waals surface area contributed by atoms with Crippen LogP contribution in [0.1, 0.15) is 45.0 Å². The van der Waals surface area contributed by atoms with Crippen molar-refractivity contribution in [1.29, 1.82) is 0 Å². The van der Waals surface area contributed by atoms with Crippen LogP contribution in [0.5, 0.6) is 0 Å². The molecule has 0 saturated heterocycles. The summed E-state index contributed by atoms with van der Waals surface area (Å²) in [5.41, 5.74) is 5.14. The lowest BCUT2D eigenvalue weighted by Gasteiger charge is -2.24. The van der Waals surface area contributed by atoms with E-state index >= 15 is 0 Å². The van der Waals surface area contributed by atoms with Gasteiger partial charge in [0.2, 0.25) is 5.91 Å². The molecule has 6 heteroatoms. The van der Waals surface area contributed by atoms with Crippen LogP contribution >= 0.6 is 11.6 Å². The topological polar surface area (TPSA) is 80.9 Å². The second-order valence-electron chi connectivity index (χ2n) is 5.12. The molecule has 0 fully saturated rings. The van der Waals surface area contributed by atoms with Crippen molar-refractivity contribution < 1.29 is 4.79 Å². The number of rotatable bonds is 4. The summed E-state index contributed by atoms with van der Waals surface area (Å²) in [6.07, 6.45) is 0. The zero-order chi connectivity index (χ0) is 14.1. The van der Waals surface area contributed by atoms with Crippen LogP contribution in [-0.4, -0.2) is 21.4 Å². The zero-order valence-corrected chi connectivity index (χ0v) is 12.1. The van der Waals surface area contributed by atoms with Crippen molar-refractivity contribution in [3.63, 3.8) is 0 Å². The number of hydrogen-bond acceptors (Lipinski definition) is 4. The van der Waals surface area contributed by atoms with Crippen LogP contribution in [0.15, 0.2) is 0 Å². The largest absolute Gasteiger partial charge is 0.368 e. The minimum absolute atomic E-state index is 0.153. The Morgan fingerprint density at radius 3 is 2.39 bits per heavy atom. The van der Waals surface area contributed by atoms with E-state index in [4.69, 9.17) is 17.3 Å². The first-order valence-corrected chi connectivity index (χ1v) is 6.15. The van der Waals surface area contributed by atoms with E-state index in [2.05, 4.69) is 15.3 Å². The van der Waals surface area contributed by atoms with Gasteiger partial charge in [0.1, 0.15) is 22.3 Å². The van der Waals surface area contributed by atoms with Crippen LogP contribution in [-0.2, 0) is 4.79 Å². The van der Waals surface area contributed by atoms with Gasteiger partial charge in [-0.25, -0.2) is 9.97 Å². The van der Waals surface area contributed by atoms with Crippen molar-refractivity contribution in [1.82, 2.24) is 9.97 Å². The normalized spacial score (nSPS) is 11.7. The summed E-state index contributed by atoms with van der Waals surface area (Å²) in [5.74, 6) is 0.874. The molecule has 0 radical (unpaired) electrons. The van der Waals surface area contributed by atoms with Gasteiger partial charge < -0.3 is 11.1 Å². The molecule has 0 aromatic carbocycles. The number of amides is 1. The Kier molecular flexibility index (Phi) is 4.16. The molecule has 1 aromatic rings. The van der Waals surface area contributed by atoms with Crippen LogP contribution in [0.4, 0.5) is 5.82 Å². The third-order valence-corrected chi connectivity index (χ3v) is 3.03. The summed E-state index contributed by atoms with van der Waals surface area (Å²) in [7, 11) is 0. The molecular weight excluding hydrogens is 252 g/mol. The molecule has 0 atom stereocenters. The standard InChI is InChI=1S/C12H19ClN4O/c1-6(2)9-15-8(13)7(3)10(16-9)17-12(4,5)11(14)18/h6H,1-5H3,(H2,14,18)(H,15,16,17). The fourth-order valence-corrected chi connectivity index (χ4v) is 1.42. The van der Waals surface area contributed by atoms with E-state index in [0.717, 1.165) is 0 Å². The average molecular weight is 271 g/mol. The van der Waals surface area contributed by atoms with Gasteiger partial charge in [-0.15, -0.1) is 0 Å². The highest BCUT2D eigenvalue weighted by molar-refractivity contribution is 6.30. The number of nitrogens with two attached hydrogens (primary N) is 1. The number of nitrogens with one attached hydrogen (secondary N) is 1. The van der Waals surface area contributed by atoms with Gasteiger partial charge in [-0.05, 0) is 20.8 Å². The number of aromatic nitrogens is 2.